The maximum atomic E-state index is 10.3. The van der Waals surface area contributed by atoms with Crippen LogP contribution < -0.4 is 0 Å². The average Bonchev–Trinajstić information content (AvgIpc) is 2.43. The quantitative estimate of drug-likeness (QED) is 0.694. The van der Waals surface area contributed by atoms with Crippen molar-refractivity contribution in [2.75, 3.05) is 0 Å². The lowest BCUT2D eigenvalue weighted by atomic mass is 9.91. The van der Waals surface area contributed by atoms with Crippen molar-refractivity contribution in [3.05, 3.63) is 40.4 Å². The van der Waals surface area contributed by atoms with Crippen LogP contribution in [0.15, 0.2) is 34.8 Å². The molecule has 1 N–H and O–H groups in total. The highest BCUT2D eigenvalue weighted by atomic mass is 79.9. The monoisotopic (exact) mass is 324 g/mol. The van der Waals surface area contributed by atoms with Gasteiger partial charge >= 0.3 is 0 Å². The second-order valence-corrected chi connectivity index (χ2v) is 5.98. The van der Waals surface area contributed by atoms with Gasteiger partial charge in [0.25, 0.3) is 0 Å². The fourth-order valence-electron chi connectivity index (χ4n) is 2.27. The van der Waals surface area contributed by atoms with Gasteiger partial charge in [-0.2, -0.15) is 0 Å². The van der Waals surface area contributed by atoms with E-state index in [4.69, 9.17) is 0 Å². The lowest BCUT2D eigenvalue weighted by Gasteiger charge is -2.24. The van der Waals surface area contributed by atoms with Crippen molar-refractivity contribution in [1.29, 1.82) is 0 Å². The van der Waals surface area contributed by atoms with Gasteiger partial charge in [0.05, 0.1) is 5.60 Å². The Morgan fingerprint density at radius 2 is 1.95 bits per heavy atom. The zero-order valence-corrected chi connectivity index (χ0v) is 13.8. The van der Waals surface area contributed by atoms with Crippen LogP contribution in [-0.2, 0) is 0 Å². The molecule has 2 heteroatoms. The zero-order chi connectivity index (χ0) is 14.3. The van der Waals surface area contributed by atoms with Gasteiger partial charge in [0.1, 0.15) is 0 Å². The SMILES string of the molecule is CC/C(=C/CCC(O)(CC)CC)c1cccc(Br)c1. The van der Waals surface area contributed by atoms with E-state index < -0.39 is 5.60 Å². The molecule has 1 rings (SSSR count). The van der Waals surface area contributed by atoms with Crippen LogP contribution in [0.25, 0.3) is 5.57 Å². The van der Waals surface area contributed by atoms with Crippen molar-refractivity contribution in [3.8, 4) is 0 Å². The molecule has 0 saturated heterocycles. The molecule has 0 aliphatic heterocycles. The van der Waals surface area contributed by atoms with E-state index in [1.165, 1.54) is 11.1 Å². The highest BCUT2D eigenvalue weighted by Gasteiger charge is 2.20. The number of hydrogen-bond donors (Lipinski definition) is 1. The Kier molecular flexibility index (Phi) is 6.81. The summed E-state index contributed by atoms with van der Waals surface area (Å²) in [7, 11) is 0. The minimum absolute atomic E-state index is 0.493. The summed E-state index contributed by atoms with van der Waals surface area (Å²) in [6, 6.07) is 8.41. The molecule has 0 atom stereocenters. The minimum atomic E-state index is -0.493. The van der Waals surface area contributed by atoms with Gasteiger partial charge in [-0.05, 0) is 55.4 Å². The zero-order valence-electron chi connectivity index (χ0n) is 12.2. The fourth-order valence-corrected chi connectivity index (χ4v) is 2.67. The van der Waals surface area contributed by atoms with Crippen LogP contribution in [0.5, 0.6) is 0 Å². The molecule has 0 amide bonds. The first-order chi connectivity index (χ1) is 9.04. The fraction of sp³-hybridized carbons (Fsp3) is 0.529. The summed E-state index contributed by atoms with van der Waals surface area (Å²) in [6.07, 6.45) is 6.74. The van der Waals surface area contributed by atoms with Crippen LogP contribution in [0.2, 0.25) is 0 Å². The minimum Gasteiger partial charge on any atom is -0.390 e. The molecule has 1 aromatic carbocycles. The standard InChI is InChI=1S/C17H25BrO/c1-4-14(15-9-7-11-16(18)13-15)10-8-12-17(19,5-2)6-3/h7,9-11,13,19H,4-6,8,12H2,1-3H3/b14-10-. The van der Waals surface area contributed by atoms with Gasteiger partial charge in [-0.25, -0.2) is 0 Å². The Bertz CT molecular complexity index is 419. The molecule has 0 aromatic heterocycles. The van der Waals surface area contributed by atoms with E-state index in [2.05, 4.69) is 61.0 Å². The van der Waals surface area contributed by atoms with Crippen LogP contribution in [-0.4, -0.2) is 10.7 Å². The van der Waals surface area contributed by atoms with Crippen LogP contribution in [0.1, 0.15) is 58.4 Å². The van der Waals surface area contributed by atoms with Gasteiger partial charge in [-0.15, -0.1) is 0 Å². The maximum Gasteiger partial charge on any atom is 0.0645 e. The number of halogens is 1. The second-order valence-electron chi connectivity index (χ2n) is 5.06. The van der Waals surface area contributed by atoms with E-state index in [-0.39, 0.29) is 0 Å². The Morgan fingerprint density at radius 3 is 2.47 bits per heavy atom. The summed E-state index contributed by atoms with van der Waals surface area (Å²) < 4.78 is 1.11. The molecular weight excluding hydrogens is 300 g/mol. The van der Waals surface area contributed by atoms with Crippen molar-refractivity contribution in [2.24, 2.45) is 0 Å². The Morgan fingerprint density at radius 1 is 1.26 bits per heavy atom. The molecule has 19 heavy (non-hydrogen) atoms. The summed E-state index contributed by atoms with van der Waals surface area (Å²) in [6.45, 7) is 6.29. The van der Waals surface area contributed by atoms with Gasteiger partial charge in [0.15, 0.2) is 0 Å². The predicted octanol–water partition coefficient (Wildman–Crippen LogP) is 5.57. The van der Waals surface area contributed by atoms with E-state index >= 15 is 0 Å². The smallest absolute Gasteiger partial charge is 0.0645 e. The highest BCUT2D eigenvalue weighted by Crippen LogP contribution is 2.25. The third-order valence-electron chi connectivity index (χ3n) is 3.89. The Labute approximate surface area is 125 Å². The number of rotatable bonds is 7. The molecule has 1 aromatic rings. The van der Waals surface area contributed by atoms with E-state index in [1.807, 2.05) is 6.07 Å². The third kappa shape index (κ3) is 5.12. The molecule has 0 heterocycles. The summed E-state index contributed by atoms with van der Waals surface area (Å²) >= 11 is 3.51. The van der Waals surface area contributed by atoms with Gasteiger partial charge in [-0.1, -0.05) is 54.9 Å². The molecule has 0 saturated carbocycles. The van der Waals surface area contributed by atoms with E-state index in [9.17, 15) is 5.11 Å². The number of hydrogen-bond acceptors (Lipinski definition) is 1. The van der Waals surface area contributed by atoms with Gasteiger partial charge in [0.2, 0.25) is 0 Å². The summed E-state index contributed by atoms with van der Waals surface area (Å²) in [5, 5.41) is 10.3. The summed E-state index contributed by atoms with van der Waals surface area (Å²) in [5.74, 6) is 0. The predicted molar refractivity (Wildman–Crippen MR) is 87.2 cm³/mol. The second kappa shape index (κ2) is 7.86. The van der Waals surface area contributed by atoms with Crippen molar-refractivity contribution in [1.82, 2.24) is 0 Å². The van der Waals surface area contributed by atoms with Crippen molar-refractivity contribution in [2.45, 2.75) is 58.5 Å². The Balaban J connectivity index is 2.73. The molecule has 0 unspecified atom stereocenters. The highest BCUT2D eigenvalue weighted by molar-refractivity contribution is 9.10. The first-order valence-electron chi connectivity index (χ1n) is 7.22. The van der Waals surface area contributed by atoms with Crippen LogP contribution >= 0.6 is 15.9 Å². The lowest BCUT2D eigenvalue weighted by Crippen LogP contribution is -2.25. The maximum absolute atomic E-state index is 10.3. The van der Waals surface area contributed by atoms with E-state index in [1.54, 1.807) is 0 Å². The normalized spacial score (nSPS) is 12.8. The topological polar surface area (TPSA) is 20.2 Å². The molecule has 0 radical (unpaired) electrons. The van der Waals surface area contributed by atoms with Gasteiger partial charge in [-0.3, -0.25) is 0 Å². The van der Waals surface area contributed by atoms with E-state index in [0.29, 0.717) is 0 Å². The van der Waals surface area contributed by atoms with Gasteiger partial charge < -0.3 is 5.11 Å². The number of aliphatic hydroxyl groups is 1. The van der Waals surface area contributed by atoms with Crippen LogP contribution in [0, 0.1) is 0 Å². The van der Waals surface area contributed by atoms with Crippen LogP contribution in [0.4, 0.5) is 0 Å². The van der Waals surface area contributed by atoms with Gasteiger partial charge in [0, 0.05) is 4.47 Å². The molecule has 0 aliphatic rings. The van der Waals surface area contributed by atoms with Crippen molar-refractivity contribution >= 4 is 21.5 Å². The number of benzene rings is 1. The van der Waals surface area contributed by atoms with Crippen molar-refractivity contribution < 1.29 is 5.11 Å². The van der Waals surface area contributed by atoms with Crippen LogP contribution in [0.3, 0.4) is 0 Å². The first-order valence-corrected chi connectivity index (χ1v) is 8.01. The summed E-state index contributed by atoms with van der Waals surface area (Å²) in [5.41, 5.74) is 2.14. The molecule has 0 fully saturated rings. The lowest BCUT2D eigenvalue weighted by molar-refractivity contribution is 0.0246. The average molecular weight is 325 g/mol. The molecule has 106 valence electrons. The van der Waals surface area contributed by atoms with E-state index in [0.717, 1.165) is 36.6 Å². The molecule has 0 aliphatic carbocycles. The molecule has 0 bridgehead atoms. The molecule has 0 spiro atoms. The first kappa shape index (κ1) is 16.5. The molecular formula is C17H25BrO. The van der Waals surface area contributed by atoms with Crippen molar-refractivity contribution in [3.63, 3.8) is 0 Å². The molecule has 1 nitrogen and oxygen atoms in total. The summed E-state index contributed by atoms with van der Waals surface area (Å²) in [4.78, 5) is 0. The number of allylic oxidation sites excluding steroid dienone is 2. The third-order valence-corrected chi connectivity index (χ3v) is 4.39. The Hall–Kier alpha value is -0.600. The largest absolute Gasteiger partial charge is 0.390 e.